The summed E-state index contributed by atoms with van der Waals surface area (Å²) in [6.45, 7) is 0.430. The van der Waals surface area contributed by atoms with Gasteiger partial charge in [-0.1, -0.05) is 127 Å². The number of anilines is 2. The number of hydrogen-bond donors (Lipinski definition) is 3. The zero-order valence-corrected chi connectivity index (χ0v) is 30.5. The van der Waals surface area contributed by atoms with Crippen molar-refractivity contribution >= 4 is 57.7 Å². The summed E-state index contributed by atoms with van der Waals surface area (Å²) in [5, 5.41) is 10.3. The molecule has 7 rings (SSSR count). The van der Waals surface area contributed by atoms with Crippen LogP contribution in [0, 0.1) is 0 Å². The van der Waals surface area contributed by atoms with E-state index < -0.39 is 17.1 Å². The Hall–Kier alpha value is -6.90. The topological polar surface area (TPSA) is 96.5 Å². The fraction of sp³-hybridized carbons (Fsp3) is 0.0426. The van der Waals surface area contributed by atoms with E-state index in [1.165, 1.54) is 11.8 Å². The van der Waals surface area contributed by atoms with Crippen LogP contribution in [-0.4, -0.2) is 17.7 Å². The van der Waals surface area contributed by atoms with Crippen LogP contribution in [0.5, 0.6) is 5.75 Å². The molecule has 7 nitrogen and oxygen atoms in total. The summed E-state index contributed by atoms with van der Waals surface area (Å²) in [7, 11) is 0. The molecule has 3 N–H and O–H groups in total. The van der Waals surface area contributed by atoms with Crippen molar-refractivity contribution < 1.29 is 19.1 Å². The molecule has 0 radical (unpaired) electrons. The minimum atomic E-state index is -0.543. The second-order valence-electron chi connectivity index (χ2n) is 12.6. The van der Waals surface area contributed by atoms with E-state index in [9.17, 15) is 14.4 Å². The SMILES string of the molecule is O=C(Nc1ccc(SC(C(=O)Nc2cccc3ccccc23)c2ccccc2)cc1)/C(=C/c1ccc(OCc2ccccc2)cc1)NC(=O)c1ccccc1. The highest BCUT2D eigenvalue weighted by atomic mass is 32.2. The second kappa shape index (κ2) is 17.7. The fourth-order valence-corrected chi connectivity index (χ4v) is 6.92. The van der Waals surface area contributed by atoms with Crippen LogP contribution < -0.4 is 20.7 Å². The van der Waals surface area contributed by atoms with Crippen LogP contribution in [0.15, 0.2) is 193 Å². The van der Waals surface area contributed by atoms with Gasteiger partial charge in [0.1, 0.15) is 23.3 Å². The molecule has 0 aliphatic carbocycles. The lowest BCUT2D eigenvalue weighted by molar-refractivity contribution is -0.116. The fourth-order valence-electron chi connectivity index (χ4n) is 5.90. The van der Waals surface area contributed by atoms with Gasteiger partial charge < -0.3 is 20.7 Å². The first-order valence-corrected chi connectivity index (χ1v) is 18.6. The third-order valence-electron chi connectivity index (χ3n) is 8.72. The van der Waals surface area contributed by atoms with E-state index in [1.54, 1.807) is 42.5 Å². The number of amides is 3. The Balaban J connectivity index is 1.07. The van der Waals surface area contributed by atoms with Gasteiger partial charge in [-0.2, -0.15) is 0 Å². The minimum Gasteiger partial charge on any atom is -0.489 e. The standard InChI is InChI=1S/C47H37N3O4S/c51-45(37-18-8-3-9-19-37)50-43(31-33-23-27-39(28-24-33)54-32-34-13-4-1-5-14-34)46(52)48-38-25-29-40(30-26-38)55-44(36-16-6-2-7-17-36)47(53)49-42-22-12-20-35-15-10-11-21-41(35)42/h1-31,44H,32H2,(H,48,52)(H,49,53)(H,50,51)/b43-31-. The average Bonchev–Trinajstić information content (AvgIpc) is 3.24. The first-order chi connectivity index (χ1) is 27.0. The Bertz CT molecular complexity index is 2410. The highest BCUT2D eigenvalue weighted by Gasteiger charge is 2.23. The zero-order chi connectivity index (χ0) is 37.8. The molecule has 7 aromatic rings. The third kappa shape index (κ3) is 9.75. The monoisotopic (exact) mass is 739 g/mol. The molecule has 0 bridgehead atoms. The summed E-state index contributed by atoms with van der Waals surface area (Å²) in [4.78, 5) is 41.6. The van der Waals surface area contributed by atoms with E-state index in [4.69, 9.17) is 4.74 Å². The van der Waals surface area contributed by atoms with Gasteiger partial charge in [0.25, 0.3) is 11.8 Å². The largest absolute Gasteiger partial charge is 0.489 e. The van der Waals surface area contributed by atoms with Crippen LogP contribution >= 0.6 is 11.8 Å². The van der Waals surface area contributed by atoms with Gasteiger partial charge in [-0.3, -0.25) is 14.4 Å². The van der Waals surface area contributed by atoms with Gasteiger partial charge in [0.05, 0.1) is 0 Å². The number of fused-ring (bicyclic) bond motifs is 1. The van der Waals surface area contributed by atoms with Gasteiger partial charge in [0, 0.05) is 27.2 Å². The number of rotatable bonds is 13. The Morgan fingerprint density at radius 2 is 1.25 bits per heavy atom. The number of nitrogens with one attached hydrogen (secondary N) is 3. The van der Waals surface area contributed by atoms with E-state index in [2.05, 4.69) is 16.0 Å². The first kappa shape index (κ1) is 36.5. The first-order valence-electron chi connectivity index (χ1n) is 17.7. The maximum Gasteiger partial charge on any atom is 0.272 e. The molecule has 1 unspecified atom stereocenters. The molecule has 7 aromatic carbocycles. The number of carbonyl (C=O) groups is 3. The number of hydrogen-bond acceptors (Lipinski definition) is 5. The van der Waals surface area contributed by atoms with Gasteiger partial charge in [0.2, 0.25) is 5.91 Å². The Labute approximate surface area is 324 Å². The third-order valence-corrected chi connectivity index (χ3v) is 9.99. The average molecular weight is 740 g/mol. The Morgan fingerprint density at radius 1 is 0.618 bits per heavy atom. The van der Waals surface area contributed by atoms with Gasteiger partial charge >= 0.3 is 0 Å². The maximum atomic E-state index is 13.9. The number of carbonyl (C=O) groups excluding carboxylic acids is 3. The van der Waals surface area contributed by atoms with Crippen LogP contribution in [0.4, 0.5) is 11.4 Å². The van der Waals surface area contributed by atoms with Crippen molar-refractivity contribution in [2.45, 2.75) is 16.8 Å². The van der Waals surface area contributed by atoms with Crippen molar-refractivity contribution in [2.75, 3.05) is 10.6 Å². The lowest BCUT2D eigenvalue weighted by Gasteiger charge is -2.18. The smallest absolute Gasteiger partial charge is 0.272 e. The summed E-state index contributed by atoms with van der Waals surface area (Å²) in [6, 6.07) is 56.7. The number of benzene rings is 7. The van der Waals surface area contributed by atoms with Crippen molar-refractivity contribution in [1.82, 2.24) is 5.32 Å². The van der Waals surface area contributed by atoms with Crippen LogP contribution in [0.25, 0.3) is 16.8 Å². The highest BCUT2D eigenvalue weighted by Crippen LogP contribution is 2.37. The van der Waals surface area contributed by atoms with Crippen molar-refractivity contribution in [2.24, 2.45) is 0 Å². The number of ether oxygens (including phenoxy) is 1. The van der Waals surface area contributed by atoms with E-state index in [0.717, 1.165) is 32.5 Å². The Morgan fingerprint density at radius 3 is 1.98 bits per heavy atom. The summed E-state index contributed by atoms with van der Waals surface area (Å²) in [5.74, 6) is -0.375. The van der Waals surface area contributed by atoms with E-state index >= 15 is 0 Å². The summed E-state index contributed by atoms with van der Waals surface area (Å²) < 4.78 is 5.92. The molecule has 1 atom stereocenters. The normalized spacial score (nSPS) is 11.7. The van der Waals surface area contributed by atoms with E-state index in [-0.39, 0.29) is 11.6 Å². The van der Waals surface area contributed by atoms with Crippen molar-refractivity contribution in [3.8, 4) is 5.75 Å². The minimum absolute atomic E-state index is 0.0690. The quantitative estimate of drug-likeness (QED) is 0.0808. The second-order valence-corrected chi connectivity index (χ2v) is 13.8. The lowest BCUT2D eigenvalue weighted by atomic mass is 10.1. The highest BCUT2D eigenvalue weighted by molar-refractivity contribution is 8.00. The summed E-state index contributed by atoms with van der Waals surface area (Å²) >= 11 is 1.42. The molecule has 0 spiro atoms. The molecule has 8 heteroatoms. The number of thioether (sulfide) groups is 1. The molecular formula is C47H37N3O4S. The molecule has 0 saturated heterocycles. The summed E-state index contributed by atoms with van der Waals surface area (Å²) in [5.41, 5.74) is 4.38. The van der Waals surface area contributed by atoms with E-state index in [0.29, 0.717) is 29.2 Å². The molecule has 0 saturated carbocycles. The van der Waals surface area contributed by atoms with Crippen molar-refractivity contribution in [3.05, 3.63) is 210 Å². The molecule has 0 aromatic heterocycles. The predicted octanol–water partition coefficient (Wildman–Crippen LogP) is 10.3. The lowest BCUT2D eigenvalue weighted by Crippen LogP contribution is -2.30. The van der Waals surface area contributed by atoms with Gasteiger partial charge in [-0.25, -0.2) is 0 Å². The zero-order valence-electron chi connectivity index (χ0n) is 29.7. The van der Waals surface area contributed by atoms with Crippen molar-refractivity contribution in [1.29, 1.82) is 0 Å². The van der Waals surface area contributed by atoms with Crippen LogP contribution in [0.2, 0.25) is 0 Å². The molecule has 0 aliphatic heterocycles. The Kier molecular flexibility index (Phi) is 11.8. The van der Waals surface area contributed by atoms with E-state index in [1.807, 2.05) is 146 Å². The molecule has 0 fully saturated rings. The molecule has 0 aliphatic rings. The summed E-state index contributed by atoms with van der Waals surface area (Å²) in [6.07, 6.45) is 1.63. The molecule has 0 heterocycles. The van der Waals surface area contributed by atoms with Gasteiger partial charge in [-0.05, 0) is 82.7 Å². The van der Waals surface area contributed by atoms with Crippen molar-refractivity contribution in [3.63, 3.8) is 0 Å². The molecule has 55 heavy (non-hydrogen) atoms. The van der Waals surface area contributed by atoms with Crippen LogP contribution in [-0.2, 0) is 16.2 Å². The van der Waals surface area contributed by atoms with Crippen LogP contribution in [0.1, 0.15) is 32.3 Å². The maximum absolute atomic E-state index is 13.9. The van der Waals surface area contributed by atoms with Gasteiger partial charge in [-0.15, -0.1) is 11.8 Å². The molecular weight excluding hydrogens is 703 g/mol. The predicted molar refractivity (Wildman–Crippen MR) is 222 cm³/mol. The van der Waals surface area contributed by atoms with Gasteiger partial charge in [0.15, 0.2) is 0 Å². The molecule has 270 valence electrons. The van der Waals surface area contributed by atoms with Crippen LogP contribution in [0.3, 0.4) is 0 Å². The molecule has 3 amide bonds.